The van der Waals surface area contributed by atoms with E-state index in [4.69, 9.17) is 4.98 Å². The van der Waals surface area contributed by atoms with E-state index in [0.717, 1.165) is 24.0 Å². The highest BCUT2D eigenvalue weighted by molar-refractivity contribution is 7.09. The molecule has 0 saturated carbocycles. The third-order valence-electron chi connectivity index (χ3n) is 4.44. The van der Waals surface area contributed by atoms with Crippen molar-refractivity contribution in [2.24, 2.45) is 5.41 Å². The summed E-state index contributed by atoms with van der Waals surface area (Å²) in [5.74, 6) is 1.43. The minimum atomic E-state index is 0.431. The molecule has 0 radical (unpaired) electrons. The van der Waals surface area contributed by atoms with E-state index in [1.54, 1.807) is 11.5 Å². The van der Waals surface area contributed by atoms with Crippen LogP contribution in [-0.2, 0) is 0 Å². The van der Waals surface area contributed by atoms with Crippen LogP contribution in [0.3, 0.4) is 0 Å². The first-order chi connectivity index (χ1) is 9.19. The highest BCUT2D eigenvalue weighted by Crippen LogP contribution is 2.38. The second kappa shape index (κ2) is 5.37. The predicted molar refractivity (Wildman–Crippen MR) is 80.0 cm³/mol. The van der Waals surface area contributed by atoms with Crippen molar-refractivity contribution >= 4 is 16.7 Å². The van der Waals surface area contributed by atoms with E-state index in [1.807, 2.05) is 0 Å². The molecule has 0 bridgehead atoms. The largest absolute Gasteiger partial charge is 0.346 e. The van der Waals surface area contributed by atoms with Gasteiger partial charge in [-0.1, -0.05) is 13.8 Å². The maximum absolute atomic E-state index is 4.72. The molecule has 1 N–H and O–H groups in total. The molecule has 2 aliphatic rings. The molecule has 1 aromatic rings. The Hall–Kier alpha value is -0.680. The molecule has 1 unspecified atom stereocenters. The van der Waals surface area contributed by atoms with Crippen molar-refractivity contribution in [1.29, 1.82) is 0 Å². The lowest BCUT2D eigenvalue weighted by Gasteiger charge is -2.45. The quantitative estimate of drug-likeness (QED) is 0.904. The van der Waals surface area contributed by atoms with Crippen LogP contribution in [0.1, 0.15) is 51.3 Å². The molecule has 4 nitrogen and oxygen atoms in total. The van der Waals surface area contributed by atoms with Gasteiger partial charge in [0.15, 0.2) is 0 Å². The Kier molecular flexibility index (Phi) is 3.76. The van der Waals surface area contributed by atoms with E-state index in [2.05, 4.69) is 28.4 Å². The van der Waals surface area contributed by atoms with Gasteiger partial charge >= 0.3 is 0 Å². The standard InChI is InChI=1S/C14H24N4S/c1-11(2)12-16-13(19-17-12)18-8-4-6-14(10-18)5-3-7-15-9-14/h11,15H,3-10H2,1-2H3. The van der Waals surface area contributed by atoms with Gasteiger partial charge in [-0.05, 0) is 32.2 Å². The van der Waals surface area contributed by atoms with Gasteiger partial charge < -0.3 is 10.2 Å². The Morgan fingerprint density at radius 2 is 2.16 bits per heavy atom. The summed E-state index contributed by atoms with van der Waals surface area (Å²) in [7, 11) is 0. The van der Waals surface area contributed by atoms with Gasteiger partial charge in [0.05, 0.1) is 0 Å². The number of nitrogens with one attached hydrogen (secondary N) is 1. The SMILES string of the molecule is CC(C)c1nsc(N2CCCC3(CCCNC3)C2)n1. The van der Waals surface area contributed by atoms with Crippen molar-refractivity contribution in [3.05, 3.63) is 5.82 Å². The topological polar surface area (TPSA) is 41.1 Å². The van der Waals surface area contributed by atoms with Crippen LogP contribution in [0.15, 0.2) is 0 Å². The Balaban J connectivity index is 1.73. The number of hydrogen-bond donors (Lipinski definition) is 1. The molecule has 2 fully saturated rings. The van der Waals surface area contributed by atoms with Crippen molar-refractivity contribution in [2.75, 3.05) is 31.1 Å². The molecule has 3 heterocycles. The van der Waals surface area contributed by atoms with Gasteiger partial charge in [-0.2, -0.15) is 4.37 Å². The lowest BCUT2D eigenvalue weighted by molar-refractivity contribution is 0.173. The second-order valence-corrected chi connectivity index (χ2v) is 7.13. The highest BCUT2D eigenvalue weighted by Gasteiger charge is 2.37. The number of aromatic nitrogens is 2. The molecule has 1 spiro atoms. The zero-order chi connectivity index (χ0) is 13.3. The summed E-state index contributed by atoms with van der Waals surface area (Å²) in [5.41, 5.74) is 0.486. The van der Waals surface area contributed by atoms with Crippen molar-refractivity contribution < 1.29 is 0 Å². The Labute approximate surface area is 119 Å². The molecule has 2 aliphatic heterocycles. The van der Waals surface area contributed by atoms with Gasteiger partial charge in [0.1, 0.15) is 5.82 Å². The summed E-state index contributed by atoms with van der Waals surface area (Å²) in [4.78, 5) is 7.20. The molecular weight excluding hydrogens is 256 g/mol. The van der Waals surface area contributed by atoms with Gasteiger partial charge in [0, 0.05) is 42.5 Å². The van der Waals surface area contributed by atoms with E-state index in [1.165, 1.54) is 38.8 Å². The van der Waals surface area contributed by atoms with Crippen LogP contribution in [0, 0.1) is 5.41 Å². The highest BCUT2D eigenvalue weighted by atomic mass is 32.1. The fraction of sp³-hybridized carbons (Fsp3) is 0.857. The molecule has 106 valence electrons. The average Bonchev–Trinajstić information content (AvgIpc) is 2.89. The van der Waals surface area contributed by atoms with Gasteiger partial charge in [0.2, 0.25) is 5.13 Å². The summed E-state index contributed by atoms with van der Waals surface area (Å²) >= 11 is 1.58. The lowest BCUT2D eigenvalue weighted by Crippen LogP contribution is -2.51. The first-order valence-corrected chi connectivity index (χ1v) is 8.25. The second-order valence-electron chi connectivity index (χ2n) is 6.40. The third-order valence-corrected chi connectivity index (χ3v) is 5.23. The molecule has 2 saturated heterocycles. The first kappa shape index (κ1) is 13.3. The van der Waals surface area contributed by atoms with Crippen molar-refractivity contribution in [3.8, 4) is 0 Å². The molecule has 5 heteroatoms. The Morgan fingerprint density at radius 3 is 2.84 bits per heavy atom. The van der Waals surface area contributed by atoms with Crippen molar-refractivity contribution in [2.45, 2.75) is 45.4 Å². The molecule has 1 aromatic heterocycles. The summed E-state index contributed by atoms with van der Waals surface area (Å²) in [6.07, 6.45) is 5.35. The molecule has 19 heavy (non-hydrogen) atoms. The van der Waals surface area contributed by atoms with Crippen molar-refractivity contribution in [3.63, 3.8) is 0 Å². The van der Waals surface area contributed by atoms with Gasteiger partial charge in [-0.3, -0.25) is 0 Å². The van der Waals surface area contributed by atoms with Crippen molar-refractivity contribution in [1.82, 2.24) is 14.7 Å². The van der Waals surface area contributed by atoms with E-state index in [-0.39, 0.29) is 0 Å². The maximum Gasteiger partial charge on any atom is 0.205 e. The smallest absolute Gasteiger partial charge is 0.205 e. The lowest BCUT2D eigenvalue weighted by atomic mass is 9.74. The summed E-state index contributed by atoms with van der Waals surface area (Å²) in [6.45, 7) is 9.00. The van der Waals surface area contributed by atoms with E-state index < -0.39 is 0 Å². The monoisotopic (exact) mass is 280 g/mol. The van der Waals surface area contributed by atoms with E-state index in [9.17, 15) is 0 Å². The zero-order valence-electron chi connectivity index (χ0n) is 12.0. The summed E-state index contributed by atoms with van der Waals surface area (Å²) in [5, 5.41) is 4.71. The number of hydrogen-bond acceptors (Lipinski definition) is 5. The Morgan fingerprint density at radius 1 is 1.32 bits per heavy atom. The fourth-order valence-electron chi connectivity index (χ4n) is 3.34. The third kappa shape index (κ3) is 2.77. The molecule has 3 rings (SSSR count). The van der Waals surface area contributed by atoms with Crippen LogP contribution in [0.4, 0.5) is 5.13 Å². The van der Waals surface area contributed by atoms with Gasteiger partial charge in [0.25, 0.3) is 0 Å². The normalized spacial score (nSPS) is 28.3. The average molecular weight is 280 g/mol. The minimum Gasteiger partial charge on any atom is -0.346 e. The predicted octanol–water partition coefficient (Wildman–Crippen LogP) is 2.63. The number of rotatable bonds is 2. The summed E-state index contributed by atoms with van der Waals surface area (Å²) < 4.78 is 4.50. The first-order valence-electron chi connectivity index (χ1n) is 7.48. The molecule has 0 aliphatic carbocycles. The number of piperidine rings is 2. The maximum atomic E-state index is 4.72. The van der Waals surface area contributed by atoms with Gasteiger partial charge in [-0.15, -0.1) is 0 Å². The molecular formula is C14H24N4S. The number of anilines is 1. The Bertz CT molecular complexity index is 417. The van der Waals surface area contributed by atoms with E-state index >= 15 is 0 Å². The van der Waals surface area contributed by atoms with Crippen LogP contribution < -0.4 is 10.2 Å². The van der Waals surface area contributed by atoms with Crippen LogP contribution in [-0.4, -0.2) is 35.5 Å². The molecule has 1 atom stereocenters. The van der Waals surface area contributed by atoms with Crippen LogP contribution >= 0.6 is 11.5 Å². The van der Waals surface area contributed by atoms with Crippen LogP contribution in [0.2, 0.25) is 0 Å². The molecule has 0 aromatic carbocycles. The van der Waals surface area contributed by atoms with Crippen LogP contribution in [0.25, 0.3) is 0 Å². The van der Waals surface area contributed by atoms with Gasteiger partial charge in [-0.25, -0.2) is 4.98 Å². The minimum absolute atomic E-state index is 0.431. The van der Waals surface area contributed by atoms with Crippen LogP contribution in [0.5, 0.6) is 0 Å². The fourth-order valence-corrected chi connectivity index (χ4v) is 4.17. The number of nitrogens with zero attached hydrogens (tertiary/aromatic N) is 3. The van der Waals surface area contributed by atoms with E-state index in [0.29, 0.717) is 11.3 Å². The molecule has 0 amide bonds. The summed E-state index contributed by atoms with van der Waals surface area (Å²) in [6, 6.07) is 0. The zero-order valence-corrected chi connectivity index (χ0v) is 12.8.